The van der Waals surface area contributed by atoms with Crippen LogP contribution in [-0.4, -0.2) is 22.8 Å². The van der Waals surface area contributed by atoms with Gasteiger partial charge >= 0.3 is 0 Å². The Morgan fingerprint density at radius 2 is 2.21 bits per heavy atom. The Hall–Kier alpha value is -0.700. The molecule has 0 aromatic rings. The number of fused-ring (bicyclic) bond motifs is 1. The molecular formula is C11H16O3. The van der Waals surface area contributed by atoms with Crippen LogP contribution < -0.4 is 0 Å². The lowest BCUT2D eigenvalue weighted by Crippen LogP contribution is -2.50. The van der Waals surface area contributed by atoms with Crippen LogP contribution in [0.5, 0.6) is 0 Å². The summed E-state index contributed by atoms with van der Waals surface area (Å²) < 4.78 is 0. The first-order valence-electron chi connectivity index (χ1n) is 5.21. The monoisotopic (exact) mass is 196 g/mol. The van der Waals surface area contributed by atoms with Crippen molar-refractivity contribution < 1.29 is 14.7 Å². The van der Waals surface area contributed by atoms with Crippen LogP contribution >= 0.6 is 0 Å². The fraction of sp³-hybridized carbons (Fsp3) is 0.818. The summed E-state index contributed by atoms with van der Waals surface area (Å²) in [6.45, 7) is 1.95. The van der Waals surface area contributed by atoms with Gasteiger partial charge in [-0.1, -0.05) is 6.92 Å². The van der Waals surface area contributed by atoms with Crippen LogP contribution in [0, 0.1) is 11.3 Å². The summed E-state index contributed by atoms with van der Waals surface area (Å²) in [6.07, 6.45) is 3.69. The maximum Gasteiger partial charge on any atom is 0.135 e. The van der Waals surface area contributed by atoms with Crippen LogP contribution in [0.2, 0.25) is 0 Å². The minimum absolute atomic E-state index is 0.0689. The van der Waals surface area contributed by atoms with Crippen molar-refractivity contribution in [3.8, 4) is 0 Å². The molecule has 0 aromatic heterocycles. The molecule has 0 aliphatic heterocycles. The molecule has 3 heteroatoms. The lowest BCUT2D eigenvalue weighted by Gasteiger charge is -2.44. The molecule has 3 nitrogen and oxygen atoms in total. The molecule has 2 aliphatic rings. The van der Waals surface area contributed by atoms with E-state index in [2.05, 4.69) is 0 Å². The van der Waals surface area contributed by atoms with E-state index in [4.69, 9.17) is 0 Å². The third-order valence-corrected chi connectivity index (χ3v) is 4.33. The summed E-state index contributed by atoms with van der Waals surface area (Å²) >= 11 is 0. The molecule has 3 atom stereocenters. The number of carbonyl (C=O) groups is 2. The molecule has 14 heavy (non-hydrogen) atoms. The average molecular weight is 196 g/mol. The molecule has 0 unspecified atom stereocenters. The van der Waals surface area contributed by atoms with E-state index in [0.29, 0.717) is 19.3 Å². The first-order chi connectivity index (χ1) is 6.52. The zero-order valence-electron chi connectivity index (χ0n) is 8.45. The van der Waals surface area contributed by atoms with Crippen LogP contribution in [-0.2, 0) is 9.59 Å². The van der Waals surface area contributed by atoms with Crippen molar-refractivity contribution in [1.82, 2.24) is 0 Å². The van der Waals surface area contributed by atoms with Gasteiger partial charge in [0.15, 0.2) is 0 Å². The van der Waals surface area contributed by atoms with Crippen molar-refractivity contribution in [2.75, 3.05) is 0 Å². The van der Waals surface area contributed by atoms with Gasteiger partial charge in [0, 0.05) is 24.2 Å². The Bertz CT molecular complexity index is 286. The Morgan fingerprint density at radius 3 is 2.86 bits per heavy atom. The Labute approximate surface area is 83.5 Å². The fourth-order valence-corrected chi connectivity index (χ4v) is 3.08. The molecule has 0 amide bonds. The number of aldehydes is 1. The predicted octanol–water partition coefficient (Wildman–Crippen LogP) is 1.09. The molecule has 2 aliphatic carbocycles. The van der Waals surface area contributed by atoms with Gasteiger partial charge in [0.2, 0.25) is 0 Å². The fourth-order valence-electron chi connectivity index (χ4n) is 3.08. The van der Waals surface area contributed by atoms with Crippen molar-refractivity contribution in [3.05, 3.63) is 0 Å². The molecule has 2 fully saturated rings. The molecule has 0 spiro atoms. The van der Waals surface area contributed by atoms with Gasteiger partial charge in [-0.25, -0.2) is 0 Å². The van der Waals surface area contributed by atoms with E-state index in [1.165, 1.54) is 0 Å². The van der Waals surface area contributed by atoms with Gasteiger partial charge in [0.05, 0.1) is 5.60 Å². The molecule has 0 saturated heterocycles. The average Bonchev–Trinajstić information content (AvgIpc) is 2.38. The molecule has 0 bridgehead atoms. The van der Waals surface area contributed by atoms with Gasteiger partial charge in [-0.2, -0.15) is 0 Å². The van der Waals surface area contributed by atoms with Gasteiger partial charge < -0.3 is 9.90 Å². The molecule has 1 N–H and O–H groups in total. The van der Waals surface area contributed by atoms with Crippen LogP contribution in [0.25, 0.3) is 0 Å². The summed E-state index contributed by atoms with van der Waals surface area (Å²) in [6, 6.07) is 0. The molecular weight excluding hydrogens is 180 g/mol. The normalized spacial score (nSPS) is 47.6. The number of Topliss-reactive ketones (excluding diaryl/α,β-unsaturated/α-hetero) is 1. The zero-order chi connectivity index (χ0) is 10.4. The largest absolute Gasteiger partial charge is 0.389 e. The number of rotatable bonds is 1. The highest BCUT2D eigenvalue weighted by atomic mass is 16.3. The van der Waals surface area contributed by atoms with Crippen LogP contribution in [0.15, 0.2) is 0 Å². The second-order valence-corrected chi connectivity index (χ2v) is 4.95. The Morgan fingerprint density at radius 1 is 1.50 bits per heavy atom. The Balaban J connectivity index is 2.33. The van der Waals surface area contributed by atoms with Crippen LogP contribution in [0.1, 0.15) is 39.0 Å². The van der Waals surface area contributed by atoms with Crippen molar-refractivity contribution in [3.63, 3.8) is 0 Å². The second-order valence-electron chi connectivity index (χ2n) is 4.95. The molecule has 0 heterocycles. The Kier molecular flexibility index (Phi) is 2.03. The van der Waals surface area contributed by atoms with Gasteiger partial charge in [-0.15, -0.1) is 0 Å². The summed E-state index contributed by atoms with van der Waals surface area (Å²) in [5.74, 6) is 0.0668. The van der Waals surface area contributed by atoms with Crippen molar-refractivity contribution in [2.45, 2.75) is 44.6 Å². The number of carbonyl (C=O) groups excluding carboxylic acids is 2. The SMILES string of the molecule is C[C@]12CCC(=O)C[C@@]1(O)CC[C@@H]2C=O. The minimum atomic E-state index is -0.909. The molecule has 0 radical (unpaired) electrons. The second kappa shape index (κ2) is 2.89. The van der Waals surface area contributed by atoms with E-state index in [1.54, 1.807) is 0 Å². The van der Waals surface area contributed by atoms with Gasteiger partial charge in [0.25, 0.3) is 0 Å². The number of aliphatic hydroxyl groups is 1. The topological polar surface area (TPSA) is 54.4 Å². The lowest BCUT2D eigenvalue weighted by molar-refractivity contribution is -0.145. The number of ketones is 1. The number of hydrogen-bond acceptors (Lipinski definition) is 3. The van der Waals surface area contributed by atoms with E-state index in [-0.39, 0.29) is 23.5 Å². The van der Waals surface area contributed by atoms with E-state index in [9.17, 15) is 14.7 Å². The summed E-state index contributed by atoms with van der Waals surface area (Å²) in [5, 5.41) is 10.4. The third-order valence-electron chi connectivity index (χ3n) is 4.33. The molecule has 2 rings (SSSR count). The van der Waals surface area contributed by atoms with Gasteiger partial charge in [-0.05, 0) is 19.3 Å². The predicted molar refractivity (Wildman–Crippen MR) is 50.7 cm³/mol. The van der Waals surface area contributed by atoms with Gasteiger partial charge in [-0.3, -0.25) is 4.79 Å². The zero-order valence-corrected chi connectivity index (χ0v) is 8.45. The van der Waals surface area contributed by atoms with Crippen molar-refractivity contribution in [1.29, 1.82) is 0 Å². The third kappa shape index (κ3) is 1.08. The molecule has 0 aromatic carbocycles. The molecule has 2 saturated carbocycles. The maximum absolute atomic E-state index is 11.3. The standard InChI is InChI=1S/C11H16O3/c1-10-4-3-9(13)6-11(10,14)5-2-8(10)7-12/h7-8,14H,2-6H2,1H3/t8-,10-,11+/m1/s1. The van der Waals surface area contributed by atoms with E-state index in [1.807, 2.05) is 6.92 Å². The van der Waals surface area contributed by atoms with E-state index >= 15 is 0 Å². The smallest absolute Gasteiger partial charge is 0.135 e. The minimum Gasteiger partial charge on any atom is -0.389 e. The van der Waals surface area contributed by atoms with E-state index in [0.717, 1.165) is 12.7 Å². The van der Waals surface area contributed by atoms with Crippen LogP contribution in [0.3, 0.4) is 0 Å². The first kappa shape index (κ1) is 9.84. The summed E-state index contributed by atoms with van der Waals surface area (Å²) in [5.41, 5.74) is -1.27. The molecule has 78 valence electrons. The highest BCUT2D eigenvalue weighted by Crippen LogP contribution is 2.56. The van der Waals surface area contributed by atoms with Crippen molar-refractivity contribution >= 4 is 12.1 Å². The highest BCUT2D eigenvalue weighted by molar-refractivity contribution is 5.81. The lowest BCUT2D eigenvalue weighted by atomic mass is 9.63. The number of hydrogen-bond donors (Lipinski definition) is 1. The van der Waals surface area contributed by atoms with E-state index < -0.39 is 5.60 Å². The maximum atomic E-state index is 11.3. The highest BCUT2D eigenvalue weighted by Gasteiger charge is 2.58. The summed E-state index contributed by atoms with van der Waals surface area (Å²) in [7, 11) is 0. The van der Waals surface area contributed by atoms with Gasteiger partial charge in [0.1, 0.15) is 12.1 Å². The van der Waals surface area contributed by atoms with Crippen molar-refractivity contribution in [2.24, 2.45) is 11.3 Å². The summed E-state index contributed by atoms with van der Waals surface area (Å²) in [4.78, 5) is 22.2. The van der Waals surface area contributed by atoms with Crippen LogP contribution in [0.4, 0.5) is 0 Å². The quantitative estimate of drug-likeness (QED) is 0.638. The first-order valence-corrected chi connectivity index (χ1v) is 5.21.